The third-order valence-corrected chi connectivity index (χ3v) is 3.10. The number of unbranched alkanes of at least 4 members (excludes halogenated alkanes) is 1. The van der Waals surface area contributed by atoms with Gasteiger partial charge in [0.05, 0.1) is 0 Å². The summed E-state index contributed by atoms with van der Waals surface area (Å²) in [7, 11) is 2.17. The van der Waals surface area contributed by atoms with Crippen LogP contribution in [0.15, 0.2) is 28.7 Å². The molecule has 0 amide bonds. The first-order valence-corrected chi connectivity index (χ1v) is 6.69. The first-order valence-electron chi connectivity index (χ1n) is 5.26. The summed E-state index contributed by atoms with van der Waals surface area (Å²) < 4.78 is 1.16. The van der Waals surface area contributed by atoms with E-state index in [9.17, 15) is 0 Å². The lowest BCUT2D eigenvalue weighted by atomic mass is 10.2. The number of hydrogen-bond acceptors (Lipinski definition) is 2. The minimum atomic E-state index is 0.991. The maximum atomic E-state index is 4.21. The fourth-order valence-corrected chi connectivity index (χ4v) is 2.19. The van der Waals surface area contributed by atoms with E-state index in [1.165, 1.54) is 18.4 Å². The smallest absolute Gasteiger partial charge is 0.0231 e. The average Bonchev–Trinajstić information content (AvgIpc) is 2.18. The molecule has 0 aliphatic carbocycles. The van der Waals surface area contributed by atoms with Gasteiger partial charge in [0.25, 0.3) is 0 Å². The van der Waals surface area contributed by atoms with Gasteiger partial charge in [-0.2, -0.15) is 12.6 Å². The van der Waals surface area contributed by atoms with Crippen molar-refractivity contribution in [3.63, 3.8) is 0 Å². The first-order chi connectivity index (χ1) is 7.22. The average molecular weight is 288 g/mol. The van der Waals surface area contributed by atoms with Gasteiger partial charge >= 0.3 is 0 Å². The van der Waals surface area contributed by atoms with Crippen molar-refractivity contribution in [1.29, 1.82) is 0 Å². The lowest BCUT2D eigenvalue weighted by Crippen LogP contribution is -2.19. The Kier molecular flexibility index (Phi) is 6.37. The summed E-state index contributed by atoms with van der Waals surface area (Å²) in [5.41, 5.74) is 1.36. The number of nitrogens with zero attached hydrogens (tertiary/aromatic N) is 1. The number of hydrogen-bond donors (Lipinski definition) is 1. The zero-order valence-corrected chi connectivity index (χ0v) is 11.6. The molecule has 1 nitrogen and oxygen atoms in total. The van der Waals surface area contributed by atoms with Crippen molar-refractivity contribution in [1.82, 2.24) is 4.90 Å². The molecule has 0 N–H and O–H groups in total. The van der Waals surface area contributed by atoms with Crippen LogP contribution in [0.2, 0.25) is 0 Å². The molecular formula is C12H18BrNS. The fraction of sp³-hybridized carbons (Fsp3) is 0.500. The molecule has 0 saturated heterocycles. The zero-order valence-electron chi connectivity index (χ0n) is 9.12. The second-order valence-electron chi connectivity index (χ2n) is 3.80. The van der Waals surface area contributed by atoms with Crippen LogP contribution in [0.25, 0.3) is 0 Å². The summed E-state index contributed by atoms with van der Waals surface area (Å²) in [6, 6.07) is 8.49. The highest BCUT2D eigenvalue weighted by Gasteiger charge is 2.00. The quantitative estimate of drug-likeness (QED) is 0.618. The second-order valence-corrected chi connectivity index (χ2v) is 5.16. The van der Waals surface area contributed by atoms with E-state index in [0.29, 0.717) is 0 Å². The van der Waals surface area contributed by atoms with E-state index in [4.69, 9.17) is 0 Å². The van der Waals surface area contributed by atoms with Crippen molar-refractivity contribution in [3.8, 4) is 0 Å². The lowest BCUT2D eigenvalue weighted by molar-refractivity contribution is 0.321. The summed E-state index contributed by atoms with van der Waals surface area (Å²) >= 11 is 7.70. The Hall–Kier alpha value is 0.01000. The third kappa shape index (κ3) is 5.59. The van der Waals surface area contributed by atoms with Crippen LogP contribution >= 0.6 is 28.6 Å². The molecular weight excluding hydrogens is 270 g/mol. The molecule has 0 fully saturated rings. The van der Waals surface area contributed by atoms with Gasteiger partial charge in [0.2, 0.25) is 0 Å². The Bertz CT molecular complexity index is 291. The van der Waals surface area contributed by atoms with Crippen LogP contribution in [0.4, 0.5) is 0 Å². The van der Waals surface area contributed by atoms with E-state index >= 15 is 0 Å². The molecule has 15 heavy (non-hydrogen) atoms. The fourth-order valence-electron chi connectivity index (χ4n) is 1.52. The second kappa shape index (κ2) is 7.31. The molecule has 0 radical (unpaired) electrons. The molecule has 1 aromatic rings. The lowest BCUT2D eigenvalue weighted by Gasteiger charge is -2.16. The van der Waals surface area contributed by atoms with Crippen molar-refractivity contribution >= 4 is 28.6 Å². The molecule has 1 rings (SSSR count). The van der Waals surface area contributed by atoms with Crippen LogP contribution in [-0.2, 0) is 6.54 Å². The van der Waals surface area contributed by atoms with Crippen molar-refractivity contribution in [2.24, 2.45) is 0 Å². The van der Waals surface area contributed by atoms with E-state index in [0.717, 1.165) is 23.3 Å². The molecule has 0 aliphatic heterocycles. The SMILES string of the molecule is CN(CCCCS)Cc1cccc(Br)c1. The number of rotatable bonds is 6. The van der Waals surface area contributed by atoms with E-state index in [2.05, 4.69) is 64.8 Å². The molecule has 0 saturated carbocycles. The first kappa shape index (κ1) is 13.1. The highest BCUT2D eigenvalue weighted by Crippen LogP contribution is 2.13. The van der Waals surface area contributed by atoms with Crippen LogP contribution in [0.5, 0.6) is 0 Å². The Labute approximate surface area is 106 Å². The van der Waals surface area contributed by atoms with Gasteiger partial charge in [0.1, 0.15) is 0 Å². The Morgan fingerprint density at radius 1 is 1.33 bits per heavy atom. The van der Waals surface area contributed by atoms with E-state index < -0.39 is 0 Å². The monoisotopic (exact) mass is 287 g/mol. The summed E-state index contributed by atoms with van der Waals surface area (Å²) in [5, 5.41) is 0. The molecule has 0 atom stereocenters. The van der Waals surface area contributed by atoms with Crippen LogP contribution in [0.1, 0.15) is 18.4 Å². The number of thiol groups is 1. The van der Waals surface area contributed by atoms with Crippen molar-refractivity contribution in [2.75, 3.05) is 19.3 Å². The summed E-state index contributed by atoms with van der Waals surface area (Å²) in [6.07, 6.45) is 2.43. The maximum absolute atomic E-state index is 4.21. The minimum absolute atomic E-state index is 0.991. The van der Waals surface area contributed by atoms with Crippen molar-refractivity contribution < 1.29 is 0 Å². The highest BCUT2D eigenvalue weighted by atomic mass is 79.9. The molecule has 0 unspecified atom stereocenters. The largest absolute Gasteiger partial charge is 0.302 e. The number of halogens is 1. The zero-order chi connectivity index (χ0) is 11.1. The van der Waals surface area contributed by atoms with E-state index in [1.54, 1.807) is 0 Å². The normalized spacial score (nSPS) is 10.9. The highest BCUT2D eigenvalue weighted by molar-refractivity contribution is 9.10. The van der Waals surface area contributed by atoms with Gasteiger partial charge in [0.15, 0.2) is 0 Å². The molecule has 0 aromatic heterocycles. The van der Waals surface area contributed by atoms with Crippen LogP contribution in [-0.4, -0.2) is 24.2 Å². The van der Waals surface area contributed by atoms with Crippen LogP contribution < -0.4 is 0 Å². The standard InChI is InChI=1S/C12H18BrNS/c1-14(7-2-3-8-15)10-11-5-4-6-12(13)9-11/h4-6,9,15H,2-3,7-8,10H2,1H3. The molecule has 0 spiro atoms. The topological polar surface area (TPSA) is 3.24 Å². The van der Waals surface area contributed by atoms with Crippen molar-refractivity contribution in [2.45, 2.75) is 19.4 Å². The van der Waals surface area contributed by atoms with E-state index in [1.807, 2.05) is 0 Å². The molecule has 1 aromatic carbocycles. The Balaban J connectivity index is 2.34. The van der Waals surface area contributed by atoms with Crippen LogP contribution in [0.3, 0.4) is 0 Å². The van der Waals surface area contributed by atoms with Gasteiger partial charge in [0, 0.05) is 11.0 Å². The van der Waals surface area contributed by atoms with Gasteiger partial charge in [-0.05, 0) is 49.9 Å². The summed E-state index contributed by atoms with van der Waals surface area (Å²) in [4.78, 5) is 2.35. The Morgan fingerprint density at radius 2 is 2.13 bits per heavy atom. The molecule has 0 aliphatic rings. The molecule has 0 heterocycles. The van der Waals surface area contributed by atoms with Gasteiger partial charge in [-0.25, -0.2) is 0 Å². The molecule has 84 valence electrons. The molecule has 3 heteroatoms. The van der Waals surface area contributed by atoms with Gasteiger partial charge in [-0.3, -0.25) is 0 Å². The van der Waals surface area contributed by atoms with Gasteiger partial charge in [-0.1, -0.05) is 28.1 Å². The predicted octanol–water partition coefficient (Wildman–Crippen LogP) is 3.59. The predicted molar refractivity (Wildman–Crippen MR) is 73.6 cm³/mol. The minimum Gasteiger partial charge on any atom is -0.302 e. The van der Waals surface area contributed by atoms with Gasteiger partial charge < -0.3 is 4.90 Å². The number of benzene rings is 1. The Morgan fingerprint density at radius 3 is 2.80 bits per heavy atom. The maximum Gasteiger partial charge on any atom is 0.0231 e. The summed E-state index contributed by atoms with van der Waals surface area (Å²) in [6.45, 7) is 2.17. The van der Waals surface area contributed by atoms with Crippen molar-refractivity contribution in [3.05, 3.63) is 34.3 Å². The third-order valence-electron chi connectivity index (χ3n) is 2.29. The van der Waals surface area contributed by atoms with Crippen LogP contribution in [0, 0.1) is 0 Å². The van der Waals surface area contributed by atoms with E-state index in [-0.39, 0.29) is 0 Å². The van der Waals surface area contributed by atoms with Gasteiger partial charge in [-0.15, -0.1) is 0 Å². The summed E-state index contributed by atoms with van der Waals surface area (Å²) in [5.74, 6) is 0.991. The molecule has 0 bridgehead atoms.